The van der Waals surface area contributed by atoms with E-state index in [-0.39, 0.29) is 18.1 Å². The van der Waals surface area contributed by atoms with Crippen LogP contribution in [-0.2, 0) is 22.6 Å². The molecule has 12 nitrogen and oxygen atoms in total. The Hall–Kier alpha value is -3.64. The van der Waals surface area contributed by atoms with E-state index in [1.165, 1.54) is 6.20 Å². The Morgan fingerprint density at radius 2 is 1.91 bits per heavy atom. The first kappa shape index (κ1) is 24.5. The van der Waals surface area contributed by atoms with Crippen molar-refractivity contribution in [3.63, 3.8) is 0 Å². The molecule has 0 radical (unpaired) electrons. The molecule has 3 heterocycles. The molecule has 0 saturated carbocycles. The maximum atomic E-state index is 13.0. The minimum atomic E-state index is -0.685. The van der Waals surface area contributed by atoms with Gasteiger partial charge in [0.25, 0.3) is 5.56 Å². The van der Waals surface area contributed by atoms with E-state index < -0.39 is 11.5 Å². The highest BCUT2D eigenvalue weighted by Crippen LogP contribution is 2.27. The van der Waals surface area contributed by atoms with Gasteiger partial charge in [0.05, 0.1) is 34.0 Å². The lowest BCUT2D eigenvalue weighted by atomic mass is 10.2. The van der Waals surface area contributed by atoms with Crippen molar-refractivity contribution in [2.24, 2.45) is 0 Å². The maximum absolute atomic E-state index is 13.0. The zero-order valence-electron chi connectivity index (χ0n) is 20.2. The Morgan fingerprint density at radius 1 is 1.14 bits per heavy atom. The number of fused-ring (bicyclic) bond motifs is 1. The van der Waals surface area contributed by atoms with Gasteiger partial charge in [0.15, 0.2) is 11.5 Å². The van der Waals surface area contributed by atoms with Gasteiger partial charge in [-0.05, 0) is 24.6 Å². The summed E-state index contributed by atoms with van der Waals surface area (Å²) in [6, 6.07) is 5.56. The van der Waals surface area contributed by atoms with Crippen molar-refractivity contribution in [2.75, 3.05) is 59.0 Å². The molecular formula is C23H30N6O6. The molecule has 1 saturated heterocycles. The molecule has 0 bridgehead atoms. The molecule has 1 aliphatic rings. The number of nitrogens with one attached hydrogen (secondary N) is 1. The van der Waals surface area contributed by atoms with E-state index in [0.29, 0.717) is 50.1 Å². The van der Waals surface area contributed by atoms with E-state index in [1.54, 1.807) is 25.7 Å². The molecule has 1 aliphatic heterocycles. The highest BCUT2D eigenvalue weighted by molar-refractivity contribution is 5.88. The Labute approximate surface area is 202 Å². The van der Waals surface area contributed by atoms with Crippen molar-refractivity contribution in [1.82, 2.24) is 24.1 Å². The lowest BCUT2D eigenvalue weighted by molar-refractivity contribution is 0.0364. The second kappa shape index (κ2) is 11.2. The van der Waals surface area contributed by atoms with Gasteiger partial charge < -0.3 is 28.8 Å². The number of benzene rings is 1. The molecule has 188 valence electrons. The fourth-order valence-electron chi connectivity index (χ4n) is 3.84. The molecule has 1 N–H and O–H groups in total. The lowest BCUT2D eigenvalue weighted by Crippen LogP contribution is -2.38. The number of morpholine rings is 1. The number of carbonyl (C=O) groups excluding carboxylic acids is 1. The largest absolute Gasteiger partial charge is 0.493 e. The van der Waals surface area contributed by atoms with Gasteiger partial charge in [0.2, 0.25) is 11.7 Å². The number of rotatable bonds is 10. The average Bonchev–Trinajstić information content (AvgIpc) is 3.32. The van der Waals surface area contributed by atoms with Crippen LogP contribution in [-0.4, -0.2) is 83.7 Å². The smallest absolute Gasteiger partial charge is 0.345 e. The SMILES string of the molecule is CCOC(=O)c1cn(CCN2CCOCC2)c2nc(NCc3ccc(OC)c(OC)c3)nn2c1=O. The fourth-order valence-corrected chi connectivity index (χ4v) is 3.84. The highest BCUT2D eigenvalue weighted by atomic mass is 16.5. The molecule has 3 aromatic rings. The topological polar surface area (TPSA) is 121 Å². The van der Waals surface area contributed by atoms with Crippen LogP contribution in [0.25, 0.3) is 5.78 Å². The second-order valence-electron chi connectivity index (χ2n) is 7.91. The van der Waals surface area contributed by atoms with Crippen molar-refractivity contribution in [3.05, 3.63) is 45.9 Å². The number of nitrogens with zero attached hydrogens (tertiary/aromatic N) is 5. The highest BCUT2D eigenvalue weighted by Gasteiger charge is 2.20. The quantitative estimate of drug-likeness (QED) is 0.416. The summed E-state index contributed by atoms with van der Waals surface area (Å²) in [4.78, 5) is 32.2. The first-order valence-electron chi connectivity index (χ1n) is 11.5. The molecule has 2 aromatic heterocycles. The summed E-state index contributed by atoms with van der Waals surface area (Å²) in [5.41, 5.74) is 0.252. The molecule has 1 aromatic carbocycles. The molecule has 35 heavy (non-hydrogen) atoms. The van der Waals surface area contributed by atoms with E-state index in [0.717, 1.165) is 23.2 Å². The minimum Gasteiger partial charge on any atom is -0.493 e. The van der Waals surface area contributed by atoms with Crippen LogP contribution in [0.1, 0.15) is 22.8 Å². The van der Waals surface area contributed by atoms with Crippen LogP contribution in [0.15, 0.2) is 29.2 Å². The summed E-state index contributed by atoms with van der Waals surface area (Å²) < 4.78 is 24.0. The van der Waals surface area contributed by atoms with Crippen molar-refractivity contribution in [1.29, 1.82) is 0 Å². The minimum absolute atomic E-state index is 0.0855. The number of hydrogen-bond acceptors (Lipinski definition) is 10. The summed E-state index contributed by atoms with van der Waals surface area (Å²) in [6.07, 6.45) is 1.50. The number of aromatic nitrogens is 4. The summed E-state index contributed by atoms with van der Waals surface area (Å²) in [5, 5.41) is 7.46. The van der Waals surface area contributed by atoms with Crippen LogP contribution in [0.4, 0.5) is 5.95 Å². The average molecular weight is 487 g/mol. The number of methoxy groups -OCH3 is 2. The van der Waals surface area contributed by atoms with Gasteiger partial charge in [-0.25, -0.2) is 4.79 Å². The standard InChI is InChI=1S/C23H30N6O6/c1-4-35-21(31)17-15-28(8-7-27-9-11-34-12-10-27)23-25-22(26-29(23)20(17)30)24-14-16-5-6-18(32-2)19(13-16)33-3/h5-6,13,15H,4,7-12,14H2,1-3H3,(H,24,26). The fraction of sp³-hybridized carbons (Fsp3) is 0.478. The number of carbonyl (C=O) groups is 1. The van der Waals surface area contributed by atoms with E-state index in [2.05, 4.69) is 20.3 Å². The van der Waals surface area contributed by atoms with E-state index in [9.17, 15) is 9.59 Å². The van der Waals surface area contributed by atoms with Crippen LogP contribution in [0.5, 0.6) is 11.5 Å². The van der Waals surface area contributed by atoms with Crippen LogP contribution in [0.3, 0.4) is 0 Å². The van der Waals surface area contributed by atoms with Crippen molar-refractivity contribution in [3.8, 4) is 11.5 Å². The third kappa shape index (κ3) is 5.54. The molecule has 4 rings (SSSR count). The Balaban J connectivity index is 1.61. The summed E-state index contributed by atoms with van der Waals surface area (Å²) >= 11 is 0. The predicted molar refractivity (Wildman–Crippen MR) is 127 cm³/mol. The van der Waals surface area contributed by atoms with Gasteiger partial charge in [-0.2, -0.15) is 9.50 Å². The third-order valence-corrected chi connectivity index (χ3v) is 5.71. The molecule has 0 atom stereocenters. The van der Waals surface area contributed by atoms with Gasteiger partial charge in [-0.1, -0.05) is 6.07 Å². The third-order valence-electron chi connectivity index (χ3n) is 5.71. The molecule has 0 spiro atoms. The lowest BCUT2D eigenvalue weighted by Gasteiger charge is -2.26. The van der Waals surface area contributed by atoms with E-state index in [1.807, 2.05) is 18.2 Å². The molecule has 0 aliphatic carbocycles. The zero-order chi connectivity index (χ0) is 24.8. The van der Waals surface area contributed by atoms with Gasteiger partial charge in [0, 0.05) is 38.9 Å². The summed E-state index contributed by atoms with van der Waals surface area (Å²) in [7, 11) is 3.15. The summed E-state index contributed by atoms with van der Waals surface area (Å²) in [5.74, 6) is 1.15. The maximum Gasteiger partial charge on any atom is 0.345 e. The van der Waals surface area contributed by atoms with Crippen molar-refractivity contribution >= 4 is 17.7 Å². The van der Waals surface area contributed by atoms with Crippen LogP contribution in [0.2, 0.25) is 0 Å². The second-order valence-corrected chi connectivity index (χ2v) is 7.91. The Kier molecular flexibility index (Phi) is 7.83. The molecule has 0 unspecified atom stereocenters. The van der Waals surface area contributed by atoms with Gasteiger partial charge in [-0.3, -0.25) is 9.69 Å². The monoisotopic (exact) mass is 486 g/mol. The Bertz CT molecular complexity index is 1230. The van der Waals surface area contributed by atoms with Gasteiger partial charge in [0.1, 0.15) is 5.56 Å². The zero-order valence-corrected chi connectivity index (χ0v) is 20.2. The first-order valence-corrected chi connectivity index (χ1v) is 11.5. The number of ether oxygens (including phenoxy) is 4. The number of hydrogen-bond donors (Lipinski definition) is 1. The van der Waals surface area contributed by atoms with Crippen molar-refractivity contribution < 1.29 is 23.7 Å². The molecule has 12 heteroatoms. The summed E-state index contributed by atoms with van der Waals surface area (Å²) in [6.45, 7) is 6.50. The van der Waals surface area contributed by atoms with Gasteiger partial charge in [-0.15, -0.1) is 5.10 Å². The van der Waals surface area contributed by atoms with Crippen LogP contribution >= 0.6 is 0 Å². The van der Waals surface area contributed by atoms with Crippen molar-refractivity contribution in [2.45, 2.75) is 20.0 Å². The molecular weight excluding hydrogens is 456 g/mol. The molecule has 0 amide bonds. The van der Waals surface area contributed by atoms with Gasteiger partial charge >= 0.3 is 5.97 Å². The predicted octanol–water partition coefficient (Wildman–Crippen LogP) is 1.03. The number of anilines is 1. The van der Waals surface area contributed by atoms with Crippen LogP contribution in [0, 0.1) is 0 Å². The number of esters is 1. The Morgan fingerprint density at radius 3 is 2.63 bits per heavy atom. The van der Waals surface area contributed by atoms with E-state index >= 15 is 0 Å². The first-order chi connectivity index (χ1) is 17.0. The van der Waals surface area contributed by atoms with E-state index in [4.69, 9.17) is 18.9 Å². The molecule has 1 fully saturated rings. The van der Waals surface area contributed by atoms with Crippen LogP contribution < -0.4 is 20.3 Å². The normalized spacial score (nSPS) is 14.1.